The first-order chi connectivity index (χ1) is 14.5. The number of ether oxygens (including phenoxy) is 2. The second-order valence-electron chi connectivity index (χ2n) is 7.33. The van der Waals surface area contributed by atoms with Gasteiger partial charge in [-0.05, 0) is 25.3 Å². The molecule has 9 heteroatoms. The van der Waals surface area contributed by atoms with Crippen molar-refractivity contribution in [3.05, 3.63) is 39.9 Å². The fourth-order valence-corrected chi connectivity index (χ4v) is 4.09. The molecular weight excluding hydrogens is 386 g/mol. The standard InChI is InChI=1S/C21H25N5O4/c1-4-16-14(11-22-26(16)12-7-5-6-8-12)20(28)25-21-23-15-10-18(30-3)17(29-2)9-13(15)19(27)24-21/h9-12H,4-8H2,1-3H3,(H2,23,24,25,27,28). The van der Waals surface area contributed by atoms with E-state index in [1.54, 1.807) is 18.3 Å². The number of rotatable bonds is 6. The number of nitrogens with zero attached hydrogens (tertiary/aromatic N) is 3. The fourth-order valence-electron chi connectivity index (χ4n) is 4.09. The number of aromatic amines is 1. The van der Waals surface area contributed by atoms with Crippen LogP contribution in [0.15, 0.2) is 23.1 Å². The Morgan fingerprint density at radius 3 is 2.60 bits per heavy atom. The van der Waals surface area contributed by atoms with Crippen LogP contribution in [-0.4, -0.2) is 39.9 Å². The summed E-state index contributed by atoms with van der Waals surface area (Å²) in [6.45, 7) is 2.01. The Kier molecular flexibility index (Phi) is 5.43. The zero-order valence-corrected chi connectivity index (χ0v) is 17.3. The number of hydrogen-bond donors (Lipinski definition) is 2. The van der Waals surface area contributed by atoms with Crippen LogP contribution in [0.1, 0.15) is 54.7 Å². The molecule has 1 saturated carbocycles. The third-order valence-corrected chi connectivity index (χ3v) is 5.59. The molecule has 0 unspecified atom stereocenters. The predicted molar refractivity (Wildman–Crippen MR) is 113 cm³/mol. The summed E-state index contributed by atoms with van der Waals surface area (Å²) in [5, 5.41) is 7.52. The summed E-state index contributed by atoms with van der Waals surface area (Å²) in [5.41, 5.74) is 1.41. The van der Waals surface area contributed by atoms with Gasteiger partial charge in [-0.25, -0.2) is 4.98 Å². The Hall–Kier alpha value is -3.36. The van der Waals surface area contributed by atoms with Crippen molar-refractivity contribution in [2.45, 2.75) is 45.1 Å². The maximum Gasteiger partial charge on any atom is 0.261 e. The first kappa shape index (κ1) is 19.9. The molecular formula is C21H25N5O4. The van der Waals surface area contributed by atoms with Gasteiger partial charge in [0, 0.05) is 6.07 Å². The van der Waals surface area contributed by atoms with Crippen LogP contribution in [0.25, 0.3) is 10.9 Å². The lowest BCUT2D eigenvalue weighted by atomic mass is 10.1. The Bertz CT molecular complexity index is 1140. The topological polar surface area (TPSA) is 111 Å². The lowest BCUT2D eigenvalue weighted by Crippen LogP contribution is -2.20. The van der Waals surface area contributed by atoms with E-state index < -0.39 is 0 Å². The van der Waals surface area contributed by atoms with Crippen LogP contribution in [0.2, 0.25) is 0 Å². The number of amides is 1. The quantitative estimate of drug-likeness (QED) is 0.645. The monoisotopic (exact) mass is 411 g/mol. The Labute approximate surface area is 173 Å². The van der Waals surface area contributed by atoms with E-state index in [1.807, 2.05) is 11.6 Å². The van der Waals surface area contributed by atoms with Gasteiger partial charge in [-0.3, -0.25) is 24.6 Å². The number of fused-ring (bicyclic) bond motifs is 1. The van der Waals surface area contributed by atoms with Crippen LogP contribution >= 0.6 is 0 Å². The third-order valence-electron chi connectivity index (χ3n) is 5.59. The number of carbonyl (C=O) groups is 1. The molecule has 0 radical (unpaired) electrons. The van der Waals surface area contributed by atoms with Crippen LogP contribution in [0, 0.1) is 0 Å². The first-order valence-electron chi connectivity index (χ1n) is 10.1. The minimum absolute atomic E-state index is 0.0698. The van der Waals surface area contributed by atoms with Gasteiger partial charge >= 0.3 is 0 Å². The molecule has 1 aliphatic carbocycles. The normalized spacial score (nSPS) is 14.2. The molecule has 0 spiro atoms. The van der Waals surface area contributed by atoms with Gasteiger partial charge in [0.05, 0.1) is 48.6 Å². The highest BCUT2D eigenvalue weighted by molar-refractivity contribution is 6.04. The molecule has 0 bridgehead atoms. The van der Waals surface area contributed by atoms with E-state index in [4.69, 9.17) is 9.47 Å². The molecule has 0 atom stereocenters. The van der Waals surface area contributed by atoms with E-state index in [0.717, 1.165) is 18.5 Å². The molecule has 1 aromatic carbocycles. The van der Waals surface area contributed by atoms with Crippen LogP contribution < -0.4 is 20.3 Å². The molecule has 4 rings (SSSR count). The van der Waals surface area contributed by atoms with E-state index in [2.05, 4.69) is 20.4 Å². The van der Waals surface area contributed by atoms with Crippen molar-refractivity contribution in [3.63, 3.8) is 0 Å². The SMILES string of the molecule is CCc1c(C(=O)Nc2nc3cc(OC)c(OC)cc3c(=O)[nH]2)cnn1C1CCCC1. The summed E-state index contributed by atoms with van der Waals surface area (Å²) >= 11 is 0. The van der Waals surface area contributed by atoms with Crippen LogP contribution in [0.5, 0.6) is 11.5 Å². The van der Waals surface area contributed by atoms with Crippen molar-refractivity contribution in [2.24, 2.45) is 0 Å². The highest BCUT2D eigenvalue weighted by Gasteiger charge is 2.24. The number of nitrogens with one attached hydrogen (secondary N) is 2. The molecule has 1 aliphatic rings. The van der Waals surface area contributed by atoms with E-state index in [-0.39, 0.29) is 17.4 Å². The van der Waals surface area contributed by atoms with Crippen molar-refractivity contribution in [1.29, 1.82) is 0 Å². The number of anilines is 1. The second-order valence-corrected chi connectivity index (χ2v) is 7.33. The molecule has 0 saturated heterocycles. The average molecular weight is 411 g/mol. The lowest BCUT2D eigenvalue weighted by Gasteiger charge is -2.14. The molecule has 158 valence electrons. The highest BCUT2D eigenvalue weighted by atomic mass is 16.5. The highest BCUT2D eigenvalue weighted by Crippen LogP contribution is 2.32. The van der Waals surface area contributed by atoms with E-state index in [9.17, 15) is 9.59 Å². The maximum atomic E-state index is 12.9. The van der Waals surface area contributed by atoms with Gasteiger partial charge in [-0.15, -0.1) is 0 Å². The molecule has 1 fully saturated rings. The Balaban J connectivity index is 1.66. The summed E-state index contributed by atoms with van der Waals surface area (Å²) in [7, 11) is 3.00. The Morgan fingerprint density at radius 2 is 1.93 bits per heavy atom. The van der Waals surface area contributed by atoms with Gasteiger partial charge in [-0.2, -0.15) is 5.10 Å². The lowest BCUT2D eigenvalue weighted by molar-refractivity contribution is 0.102. The van der Waals surface area contributed by atoms with Gasteiger partial charge in [0.25, 0.3) is 11.5 Å². The number of methoxy groups -OCH3 is 2. The van der Waals surface area contributed by atoms with Crippen molar-refractivity contribution in [3.8, 4) is 11.5 Å². The van der Waals surface area contributed by atoms with Crippen LogP contribution in [0.4, 0.5) is 5.95 Å². The Morgan fingerprint density at radius 1 is 1.23 bits per heavy atom. The van der Waals surface area contributed by atoms with Crippen molar-refractivity contribution >= 4 is 22.8 Å². The summed E-state index contributed by atoms with van der Waals surface area (Å²) < 4.78 is 12.5. The fraction of sp³-hybridized carbons (Fsp3) is 0.429. The first-order valence-corrected chi connectivity index (χ1v) is 10.1. The zero-order valence-electron chi connectivity index (χ0n) is 17.3. The smallest absolute Gasteiger partial charge is 0.261 e. The van der Waals surface area contributed by atoms with Gasteiger partial charge in [0.1, 0.15) is 0 Å². The molecule has 3 aromatic rings. The molecule has 2 heterocycles. The van der Waals surface area contributed by atoms with E-state index in [0.29, 0.717) is 40.4 Å². The van der Waals surface area contributed by atoms with Gasteiger partial charge in [-0.1, -0.05) is 19.8 Å². The van der Waals surface area contributed by atoms with Crippen molar-refractivity contribution in [2.75, 3.05) is 19.5 Å². The van der Waals surface area contributed by atoms with Crippen LogP contribution in [0.3, 0.4) is 0 Å². The van der Waals surface area contributed by atoms with Gasteiger partial charge in [0.15, 0.2) is 11.5 Å². The van der Waals surface area contributed by atoms with Crippen LogP contribution in [-0.2, 0) is 6.42 Å². The van der Waals surface area contributed by atoms with E-state index in [1.165, 1.54) is 27.1 Å². The second kappa shape index (κ2) is 8.17. The summed E-state index contributed by atoms with van der Waals surface area (Å²) in [4.78, 5) is 32.4. The zero-order chi connectivity index (χ0) is 21.3. The number of aromatic nitrogens is 4. The minimum Gasteiger partial charge on any atom is -0.493 e. The summed E-state index contributed by atoms with van der Waals surface area (Å²) in [5.74, 6) is 0.604. The largest absolute Gasteiger partial charge is 0.493 e. The molecule has 2 N–H and O–H groups in total. The van der Waals surface area contributed by atoms with Crippen molar-refractivity contribution in [1.82, 2.24) is 19.7 Å². The average Bonchev–Trinajstić information content (AvgIpc) is 3.42. The molecule has 1 amide bonds. The number of carbonyl (C=O) groups excluding carboxylic acids is 1. The minimum atomic E-state index is -0.381. The van der Waals surface area contributed by atoms with Crippen molar-refractivity contribution < 1.29 is 14.3 Å². The van der Waals surface area contributed by atoms with E-state index >= 15 is 0 Å². The summed E-state index contributed by atoms with van der Waals surface area (Å²) in [6.07, 6.45) is 6.83. The predicted octanol–water partition coefficient (Wildman–Crippen LogP) is 3.07. The molecule has 2 aromatic heterocycles. The van der Waals surface area contributed by atoms with Gasteiger partial charge in [0.2, 0.25) is 5.95 Å². The molecule has 9 nitrogen and oxygen atoms in total. The maximum absolute atomic E-state index is 12.9. The molecule has 30 heavy (non-hydrogen) atoms. The number of H-pyrrole nitrogens is 1. The molecule has 0 aliphatic heterocycles. The number of hydrogen-bond acceptors (Lipinski definition) is 6. The third kappa shape index (κ3) is 3.51. The summed E-state index contributed by atoms with van der Waals surface area (Å²) in [6, 6.07) is 3.52. The number of benzene rings is 1. The van der Waals surface area contributed by atoms with Gasteiger partial charge < -0.3 is 9.47 Å².